The Hall–Kier alpha value is -1.61. The zero-order valence-corrected chi connectivity index (χ0v) is 13.7. The van der Waals surface area contributed by atoms with Crippen LogP contribution in [0.1, 0.15) is 0 Å². The van der Waals surface area contributed by atoms with Crippen molar-refractivity contribution in [3.63, 3.8) is 0 Å². The van der Waals surface area contributed by atoms with Gasteiger partial charge in [-0.05, 0) is 0 Å². The maximum Gasteiger partial charge on any atom is 0.490 e. The smallest absolute Gasteiger partial charge is 0.475 e. The van der Waals surface area contributed by atoms with Crippen LogP contribution in [0.5, 0.6) is 0 Å². The molecule has 1 N–H and O–H groups in total. The standard InChI is InChI=1S/C13H13IO.C2HF3O2/c1-15-14(12-8-4-2-5-9-12)13-10-6-3-7-11-13;3-2(4,5)1(6)7/h2-11H,1H3;(H,6,7). The van der Waals surface area contributed by atoms with Gasteiger partial charge in [0.05, 0.1) is 0 Å². The molecule has 0 aliphatic heterocycles. The number of hydrogen-bond acceptors (Lipinski definition) is 2. The van der Waals surface area contributed by atoms with E-state index >= 15 is 0 Å². The average molecular weight is 426 g/mol. The molecule has 22 heavy (non-hydrogen) atoms. The topological polar surface area (TPSA) is 46.5 Å². The fourth-order valence-corrected chi connectivity index (χ4v) is 5.24. The second-order valence-corrected chi connectivity index (χ2v) is 8.59. The van der Waals surface area contributed by atoms with Crippen molar-refractivity contribution in [1.82, 2.24) is 0 Å². The maximum atomic E-state index is 10.6. The summed E-state index contributed by atoms with van der Waals surface area (Å²) in [5.41, 5.74) is 0. The Morgan fingerprint density at radius 2 is 1.27 bits per heavy atom. The summed E-state index contributed by atoms with van der Waals surface area (Å²) in [4.78, 5) is 8.90. The van der Waals surface area contributed by atoms with Gasteiger partial charge in [-0.3, -0.25) is 0 Å². The van der Waals surface area contributed by atoms with Gasteiger partial charge in [0.1, 0.15) is 0 Å². The third kappa shape index (κ3) is 6.02. The molecule has 0 saturated heterocycles. The molecule has 3 nitrogen and oxygen atoms in total. The summed E-state index contributed by atoms with van der Waals surface area (Å²) in [6.45, 7) is 0. The van der Waals surface area contributed by atoms with E-state index in [0.717, 1.165) is 0 Å². The summed E-state index contributed by atoms with van der Waals surface area (Å²) in [5, 5.41) is 7.12. The van der Waals surface area contributed by atoms with Crippen LogP contribution < -0.4 is 0 Å². The van der Waals surface area contributed by atoms with E-state index in [2.05, 4.69) is 48.5 Å². The van der Waals surface area contributed by atoms with Crippen molar-refractivity contribution >= 4 is 26.2 Å². The average Bonchev–Trinajstić information content (AvgIpc) is 2.50. The molecule has 0 spiro atoms. The first-order chi connectivity index (χ1) is 10.4. The summed E-state index contributed by atoms with van der Waals surface area (Å²) in [7, 11) is 1.81. The van der Waals surface area contributed by atoms with E-state index in [-0.39, 0.29) is 0 Å². The van der Waals surface area contributed by atoms with Gasteiger partial charge in [-0.25, -0.2) is 4.79 Å². The Balaban J connectivity index is 0.000000295. The third-order valence-corrected chi connectivity index (χ3v) is 6.84. The molecule has 0 heterocycles. The molecule has 0 unspecified atom stereocenters. The maximum absolute atomic E-state index is 10.6. The predicted molar refractivity (Wildman–Crippen MR) is 85.0 cm³/mol. The number of carboxylic acids is 1. The molecule has 0 aliphatic carbocycles. The first-order valence-corrected chi connectivity index (χ1v) is 9.04. The molecular weight excluding hydrogens is 412 g/mol. The van der Waals surface area contributed by atoms with E-state index in [1.165, 1.54) is 7.14 Å². The van der Waals surface area contributed by atoms with Crippen LogP contribution in [0.3, 0.4) is 0 Å². The largest absolute Gasteiger partial charge is 0.490 e. The molecule has 0 radical (unpaired) electrons. The number of carbonyl (C=O) groups is 1. The summed E-state index contributed by atoms with van der Waals surface area (Å²) in [6, 6.07) is 21.0. The fourth-order valence-electron chi connectivity index (χ4n) is 1.36. The van der Waals surface area contributed by atoms with Crippen LogP contribution in [0.2, 0.25) is 0 Å². The molecule has 0 saturated carbocycles. The van der Waals surface area contributed by atoms with Crippen molar-refractivity contribution in [3.8, 4) is 0 Å². The van der Waals surface area contributed by atoms with Crippen LogP contribution in [0.25, 0.3) is 0 Å². The van der Waals surface area contributed by atoms with E-state index in [1.807, 2.05) is 19.2 Å². The Morgan fingerprint density at radius 3 is 1.50 bits per heavy atom. The van der Waals surface area contributed by atoms with Gasteiger partial charge in [0, 0.05) is 0 Å². The number of benzene rings is 2. The second-order valence-electron chi connectivity index (χ2n) is 3.80. The Morgan fingerprint density at radius 1 is 0.955 bits per heavy atom. The van der Waals surface area contributed by atoms with Gasteiger partial charge >= 0.3 is 110 Å². The number of alkyl halides is 3. The number of rotatable bonds is 3. The molecule has 0 aromatic heterocycles. The monoisotopic (exact) mass is 426 g/mol. The Bertz CT molecular complexity index is 534. The van der Waals surface area contributed by atoms with Gasteiger partial charge in [0.15, 0.2) is 0 Å². The van der Waals surface area contributed by atoms with Crippen molar-refractivity contribution in [2.24, 2.45) is 0 Å². The van der Waals surface area contributed by atoms with Crippen LogP contribution in [0, 0.1) is 7.14 Å². The molecule has 0 atom stereocenters. The van der Waals surface area contributed by atoms with Gasteiger partial charge in [-0.15, -0.1) is 0 Å². The van der Waals surface area contributed by atoms with Crippen molar-refractivity contribution in [1.29, 1.82) is 0 Å². The van der Waals surface area contributed by atoms with Crippen LogP contribution >= 0.6 is 20.2 Å². The van der Waals surface area contributed by atoms with Gasteiger partial charge in [-0.2, -0.15) is 13.2 Å². The van der Waals surface area contributed by atoms with Crippen molar-refractivity contribution in [2.75, 3.05) is 7.11 Å². The van der Waals surface area contributed by atoms with Crippen LogP contribution in [0.15, 0.2) is 60.7 Å². The van der Waals surface area contributed by atoms with Gasteiger partial charge in [-0.1, -0.05) is 0 Å². The Labute approximate surface area is 133 Å². The molecule has 7 heteroatoms. The van der Waals surface area contributed by atoms with E-state index in [9.17, 15) is 13.2 Å². The van der Waals surface area contributed by atoms with E-state index in [1.54, 1.807) is 0 Å². The number of carboxylic acid groups (broad SMARTS) is 1. The molecular formula is C15H14F3IO3. The fraction of sp³-hybridized carbons (Fsp3) is 0.133. The van der Waals surface area contributed by atoms with Crippen molar-refractivity contribution in [3.05, 3.63) is 67.8 Å². The van der Waals surface area contributed by atoms with Crippen LogP contribution in [0.4, 0.5) is 13.2 Å². The van der Waals surface area contributed by atoms with Crippen molar-refractivity contribution < 1.29 is 26.1 Å². The molecule has 120 valence electrons. The predicted octanol–water partition coefficient (Wildman–Crippen LogP) is 4.43. The third-order valence-electron chi connectivity index (χ3n) is 2.26. The van der Waals surface area contributed by atoms with E-state index in [4.69, 9.17) is 13.0 Å². The van der Waals surface area contributed by atoms with Gasteiger partial charge in [0.2, 0.25) is 0 Å². The molecule has 0 amide bonds. The van der Waals surface area contributed by atoms with E-state index < -0.39 is 32.4 Å². The van der Waals surface area contributed by atoms with E-state index in [0.29, 0.717) is 0 Å². The van der Waals surface area contributed by atoms with Crippen molar-refractivity contribution in [2.45, 2.75) is 6.18 Å². The zero-order valence-electron chi connectivity index (χ0n) is 11.5. The number of halogens is 4. The number of hydrogen-bond donors (Lipinski definition) is 1. The summed E-state index contributed by atoms with van der Waals surface area (Å²) < 4.78 is 40.1. The minimum absolute atomic E-state index is 1.34. The summed E-state index contributed by atoms with van der Waals surface area (Å²) >= 11 is -1.62. The normalized spacial score (nSPS) is 11.2. The van der Waals surface area contributed by atoms with Crippen LogP contribution in [-0.2, 0) is 7.86 Å². The SMILES string of the molecule is COI(c1ccccc1)c1ccccc1.O=C(O)C(F)(F)F. The zero-order chi connectivity index (χ0) is 16.6. The molecule has 2 rings (SSSR count). The second kappa shape index (κ2) is 8.74. The van der Waals surface area contributed by atoms with Crippen LogP contribution in [-0.4, -0.2) is 24.4 Å². The quantitative estimate of drug-likeness (QED) is 0.740. The minimum Gasteiger partial charge on any atom is -0.475 e. The Kier molecular flexibility index (Phi) is 7.33. The first-order valence-electron chi connectivity index (χ1n) is 6.01. The summed E-state index contributed by atoms with van der Waals surface area (Å²) in [5.74, 6) is -2.76. The molecule has 0 aliphatic rings. The molecule has 2 aromatic rings. The molecule has 0 bridgehead atoms. The minimum atomic E-state index is -5.08. The summed E-state index contributed by atoms with van der Waals surface area (Å²) in [6.07, 6.45) is -5.08. The van der Waals surface area contributed by atoms with Gasteiger partial charge in [0.25, 0.3) is 0 Å². The molecule has 2 aromatic carbocycles. The number of aliphatic carboxylic acids is 1. The van der Waals surface area contributed by atoms with Gasteiger partial charge < -0.3 is 5.11 Å². The molecule has 0 fully saturated rings. The first kappa shape index (κ1) is 18.4.